The van der Waals surface area contributed by atoms with E-state index in [1.807, 2.05) is 18.2 Å². The molecule has 0 unspecified atom stereocenters. The Kier molecular flexibility index (Phi) is 8.92. The van der Waals surface area contributed by atoms with E-state index < -0.39 is 17.7 Å². The summed E-state index contributed by atoms with van der Waals surface area (Å²) >= 11 is 0. The Balaban J connectivity index is 1.62. The Hall–Kier alpha value is -2.95. The maximum absolute atomic E-state index is 11.8. The Bertz CT molecular complexity index is 765. The molecule has 0 bridgehead atoms. The fourth-order valence-corrected chi connectivity index (χ4v) is 2.83. The third-order valence-corrected chi connectivity index (χ3v) is 4.43. The molecule has 5 heteroatoms. The molecule has 0 aliphatic carbocycles. The van der Waals surface area contributed by atoms with Crippen molar-refractivity contribution >= 4 is 17.7 Å². The first-order valence-electron chi connectivity index (χ1n) is 9.62. The summed E-state index contributed by atoms with van der Waals surface area (Å²) in [5.74, 6) is -2.21. The second-order valence-electron chi connectivity index (χ2n) is 6.68. The van der Waals surface area contributed by atoms with Gasteiger partial charge in [0.05, 0.1) is 6.61 Å². The minimum absolute atomic E-state index is 0.0395. The number of hydrogen-bond acceptors (Lipinski definition) is 4. The second-order valence-corrected chi connectivity index (χ2v) is 6.68. The summed E-state index contributed by atoms with van der Waals surface area (Å²) in [5, 5.41) is 8.52. The number of ketones is 1. The van der Waals surface area contributed by atoms with Crippen LogP contribution in [-0.4, -0.2) is 29.4 Å². The minimum atomic E-state index is -0.878. The number of aliphatic carboxylic acids is 1. The quantitative estimate of drug-likeness (QED) is 0.334. The number of esters is 1. The summed E-state index contributed by atoms with van der Waals surface area (Å²) in [7, 11) is 0. The van der Waals surface area contributed by atoms with Crippen LogP contribution in [0.25, 0.3) is 11.1 Å². The smallest absolute Gasteiger partial charge is 0.374 e. The zero-order chi connectivity index (χ0) is 20.2. The molecule has 0 atom stereocenters. The average Bonchev–Trinajstić information content (AvgIpc) is 2.71. The first-order valence-corrected chi connectivity index (χ1v) is 9.62. The maximum atomic E-state index is 11.8. The number of unbranched alkanes of at least 4 members (excludes halogenated alkanes) is 2. The minimum Gasteiger partial charge on any atom is -0.481 e. The Labute approximate surface area is 165 Å². The van der Waals surface area contributed by atoms with Crippen molar-refractivity contribution in [3.05, 3.63) is 60.2 Å². The van der Waals surface area contributed by atoms with E-state index in [0.29, 0.717) is 19.3 Å². The zero-order valence-electron chi connectivity index (χ0n) is 15.9. The van der Waals surface area contributed by atoms with Gasteiger partial charge in [-0.05, 0) is 48.8 Å². The molecule has 0 spiro atoms. The number of Topliss-reactive ketones (excluding diaryl/α,β-unsaturated/α-hetero) is 1. The van der Waals surface area contributed by atoms with E-state index in [0.717, 1.165) is 12.8 Å². The van der Waals surface area contributed by atoms with E-state index in [4.69, 9.17) is 9.84 Å². The number of carbonyl (C=O) groups excluding carboxylic acids is 2. The third-order valence-electron chi connectivity index (χ3n) is 4.43. The highest BCUT2D eigenvalue weighted by molar-refractivity contribution is 6.33. The van der Waals surface area contributed by atoms with Gasteiger partial charge >= 0.3 is 11.9 Å². The summed E-state index contributed by atoms with van der Waals surface area (Å²) in [6.07, 6.45) is 3.40. The van der Waals surface area contributed by atoms with Gasteiger partial charge in [0.1, 0.15) is 0 Å². The van der Waals surface area contributed by atoms with Gasteiger partial charge in [-0.3, -0.25) is 9.59 Å². The van der Waals surface area contributed by atoms with Crippen LogP contribution in [0.3, 0.4) is 0 Å². The summed E-state index contributed by atoms with van der Waals surface area (Å²) < 4.78 is 4.87. The van der Waals surface area contributed by atoms with Crippen LogP contribution in [0, 0.1) is 0 Å². The number of hydrogen-bond donors (Lipinski definition) is 1. The van der Waals surface area contributed by atoms with Crippen LogP contribution in [0.4, 0.5) is 0 Å². The molecule has 0 amide bonds. The number of carboxylic acid groups (broad SMARTS) is 1. The number of carboxylic acids is 1. The fourth-order valence-electron chi connectivity index (χ4n) is 2.83. The van der Waals surface area contributed by atoms with Gasteiger partial charge in [0, 0.05) is 12.8 Å². The van der Waals surface area contributed by atoms with Gasteiger partial charge in [0.25, 0.3) is 0 Å². The zero-order valence-corrected chi connectivity index (χ0v) is 15.9. The molecule has 0 heterocycles. The number of carbonyl (C=O) groups is 3. The molecule has 148 valence electrons. The number of ether oxygens (including phenoxy) is 1. The lowest BCUT2D eigenvalue weighted by Gasteiger charge is -2.05. The Morgan fingerprint density at radius 2 is 1.39 bits per heavy atom. The lowest BCUT2D eigenvalue weighted by atomic mass is 10.0. The highest BCUT2D eigenvalue weighted by Crippen LogP contribution is 2.20. The standard InChI is InChI=1S/C23H26O5/c24-21(23(27)28-17-7-6-12-22(25)26)11-5-4-8-18-13-15-20(16-14-18)19-9-2-1-3-10-19/h1-3,9-10,13-16H,4-8,11-12,17H2,(H,25,26). The lowest BCUT2D eigenvalue weighted by Crippen LogP contribution is -2.18. The lowest BCUT2D eigenvalue weighted by molar-refractivity contribution is -0.154. The van der Waals surface area contributed by atoms with Gasteiger partial charge in [-0.1, -0.05) is 54.6 Å². The molecule has 1 N–H and O–H groups in total. The average molecular weight is 382 g/mol. The van der Waals surface area contributed by atoms with Crippen molar-refractivity contribution in [2.24, 2.45) is 0 Å². The van der Waals surface area contributed by atoms with Crippen LogP contribution in [-0.2, 0) is 25.5 Å². The molecule has 2 aromatic rings. The van der Waals surface area contributed by atoms with Crippen LogP contribution in [0.5, 0.6) is 0 Å². The molecule has 2 rings (SSSR count). The van der Waals surface area contributed by atoms with Crippen molar-refractivity contribution < 1.29 is 24.2 Å². The summed E-state index contributed by atoms with van der Waals surface area (Å²) in [4.78, 5) is 33.7. The SMILES string of the molecule is O=C(O)CCCCOC(=O)C(=O)CCCCc1ccc(-c2ccccc2)cc1. The second kappa shape index (κ2) is 11.7. The van der Waals surface area contributed by atoms with E-state index in [9.17, 15) is 14.4 Å². The molecule has 28 heavy (non-hydrogen) atoms. The Morgan fingerprint density at radius 3 is 2.07 bits per heavy atom. The Morgan fingerprint density at radius 1 is 0.750 bits per heavy atom. The van der Waals surface area contributed by atoms with E-state index >= 15 is 0 Å². The van der Waals surface area contributed by atoms with Gasteiger partial charge in [0.15, 0.2) is 0 Å². The number of aryl methyl sites for hydroxylation is 1. The predicted octanol–water partition coefficient (Wildman–Crippen LogP) is 4.43. The summed E-state index contributed by atoms with van der Waals surface area (Å²) in [6, 6.07) is 18.6. The normalized spacial score (nSPS) is 10.4. The first kappa shape index (κ1) is 21.4. The van der Waals surface area contributed by atoms with Crippen molar-refractivity contribution in [2.75, 3.05) is 6.61 Å². The monoisotopic (exact) mass is 382 g/mol. The molecule has 0 aliphatic rings. The largest absolute Gasteiger partial charge is 0.481 e. The number of benzene rings is 2. The van der Waals surface area contributed by atoms with Crippen molar-refractivity contribution in [1.82, 2.24) is 0 Å². The fraction of sp³-hybridized carbons (Fsp3) is 0.348. The summed E-state index contributed by atoms with van der Waals surface area (Å²) in [6.45, 7) is 0.0889. The van der Waals surface area contributed by atoms with E-state index in [2.05, 4.69) is 36.4 Å². The van der Waals surface area contributed by atoms with Gasteiger partial charge in [-0.25, -0.2) is 4.79 Å². The van der Waals surface area contributed by atoms with Crippen molar-refractivity contribution in [3.63, 3.8) is 0 Å². The molecular formula is C23H26O5. The molecule has 0 saturated carbocycles. The van der Waals surface area contributed by atoms with Crippen molar-refractivity contribution in [1.29, 1.82) is 0 Å². The highest BCUT2D eigenvalue weighted by Gasteiger charge is 2.14. The number of rotatable bonds is 12. The predicted molar refractivity (Wildman–Crippen MR) is 107 cm³/mol. The first-order chi connectivity index (χ1) is 13.6. The molecule has 0 saturated heterocycles. The van der Waals surface area contributed by atoms with Crippen LogP contribution in [0.1, 0.15) is 44.1 Å². The molecule has 5 nitrogen and oxygen atoms in total. The van der Waals surface area contributed by atoms with Crippen LogP contribution < -0.4 is 0 Å². The topological polar surface area (TPSA) is 80.7 Å². The maximum Gasteiger partial charge on any atom is 0.374 e. The van der Waals surface area contributed by atoms with Crippen LogP contribution in [0.2, 0.25) is 0 Å². The van der Waals surface area contributed by atoms with E-state index in [1.54, 1.807) is 0 Å². The van der Waals surface area contributed by atoms with Gasteiger partial charge in [0.2, 0.25) is 5.78 Å². The molecule has 2 aromatic carbocycles. The van der Waals surface area contributed by atoms with Gasteiger partial charge in [-0.2, -0.15) is 0 Å². The van der Waals surface area contributed by atoms with Crippen molar-refractivity contribution in [2.45, 2.75) is 44.9 Å². The highest BCUT2D eigenvalue weighted by atomic mass is 16.5. The van der Waals surface area contributed by atoms with Gasteiger partial charge in [-0.15, -0.1) is 0 Å². The molecule has 0 radical (unpaired) electrons. The molecule has 0 aliphatic heterocycles. The van der Waals surface area contributed by atoms with Crippen LogP contribution in [0.15, 0.2) is 54.6 Å². The molecule has 0 fully saturated rings. The van der Waals surface area contributed by atoms with Gasteiger partial charge < -0.3 is 9.84 Å². The molecular weight excluding hydrogens is 356 g/mol. The van der Waals surface area contributed by atoms with Crippen molar-refractivity contribution in [3.8, 4) is 11.1 Å². The van der Waals surface area contributed by atoms with Crippen LogP contribution >= 0.6 is 0 Å². The van der Waals surface area contributed by atoms with E-state index in [-0.39, 0.29) is 19.4 Å². The third kappa shape index (κ3) is 7.74. The molecule has 0 aromatic heterocycles. The van der Waals surface area contributed by atoms with E-state index in [1.165, 1.54) is 16.7 Å². The summed E-state index contributed by atoms with van der Waals surface area (Å²) in [5.41, 5.74) is 3.56.